The first-order valence-corrected chi connectivity index (χ1v) is 10.2. The average Bonchev–Trinajstić information content (AvgIpc) is 3.26. The largest absolute Gasteiger partial charge is 0.497 e. The number of ether oxygens (including phenoxy) is 3. The van der Waals surface area contributed by atoms with Gasteiger partial charge >= 0.3 is 0 Å². The number of halogens is 1. The number of methoxy groups -OCH3 is 1. The summed E-state index contributed by atoms with van der Waals surface area (Å²) in [5.41, 5.74) is 1.77. The van der Waals surface area contributed by atoms with E-state index in [4.69, 9.17) is 14.2 Å². The number of aliphatic hydroxyl groups is 1. The average molecular weight is 401 g/mol. The standard InChI is InChI=1S/C23H28FNO4/c1-27-21-8-2-17(3-9-21)22(26)16-25-12-10-19(11-13-25)23(28-14-15-29-23)18-4-6-20(24)7-5-18/h2-9,19,22,26H,10-16H2,1H3. The number of nitrogens with zero attached hydrogens (tertiary/aromatic N) is 1. The molecular formula is C23H28FNO4. The van der Waals surface area contributed by atoms with Gasteiger partial charge in [-0.15, -0.1) is 0 Å². The van der Waals surface area contributed by atoms with Crippen molar-refractivity contribution in [3.05, 3.63) is 65.5 Å². The monoisotopic (exact) mass is 401 g/mol. The van der Waals surface area contributed by atoms with E-state index in [2.05, 4.69) is 4.90 Å². The highest BCUT2D eigenvalue weighted by molar-refractivity contribution is 5.28. The Morgan fingerprint density at radius 2 is 1.69 bits per heavy atom. The van der Waals surface area contributed by atoms with E-state index >= 15 is 0 Å². The van der Waals surface area contributed by atoms with Crippen LogP contribution in [0, 0.1) is 11.7 Å². The molecule has 0 radical (unpaired) electrons. The van der Waals surface area contributed by atoms with E-state index in [9.17, 15) is 9.50 Å². The molecule has 5 nitrogen and oxygen atoms in total. The van der Waals surface area contributed by atoms with Gasteiger partial charge in [-0.25, -0.2) is 4.39 Å². The Morgan fingerprint density at radius 1 is 1.07 bits per heavy atom. The molecule has 2 aliphatic rings. The fraction of sp³-hybridized carbons (Fsp3) is 0.478. The van der Waals surface area contributed by atoms with Crippen molar-refractivity contribution >= 4 is 0 Å². The molecule has 2 fully saturated rings. The first kappa shape index (κ1) is 20.3. The van der Waals surface area contributed by atoms with Crippen molar-refractivity contribution < 1.29 is 23.7 Å². The zero-order valence-electron chi connectivity index (χ0n) is 16.7. The van der Waals surface area contributed by atoms with Gasteiger partial charge in [0.15, 0.2) is 5.79 Å². The first-order chi connectivity index (χ1) is 14.1. The minimum absolute atomic E-state index is 0.199. The van der Waals surface area contributed by atoms with E-state index in [1.807, 2.05) is 24.3 Å². The van der Waals surface area contributed by atoms with Gasteiger partial charge in [-0.05, 0) is 55.8 Å². The number of hydrogen-bond acceptors (Lipinski definition) is 5. The zero-order chi connectivity index (χ0) is 20.3. The molecular weight excluding hydrogens is 373 g/mol. The normalized spacial score (nSPS) is 21.2. The number of β-amino-alcohol motifs (C(OH)–C–C–N with tert-alkyl or cyclic N) is 1. The highest BCUT2D eigenvalue weighted by atomic mass is 19.1. The summed E-state index contributed by atoms with van der Waals surface area (Å²) in [7, 11) is 1.63. The second kappa shape index (κ2) is 8.79. The maximum absolute atomic E-state index is 13.4. The van der Waals surface area contributed by atoms with E-state index in [1.165, 1.54) is 12.1 Å². The molecule has 2 saturated heterocycles. The summed E-state index contributed by atoms with van der Waals surface area (Å²) in [6.45, 7) is 3.40. The van der Waals surface area contributed by atoms with Crippen molar-refractivity contribution in [2.45, 2.75) is 24.7 Å². The van der Waals surface area contributed by atoms with Crippen LogP contribution in [0.3, 0.4) is 0 Å². The van der Waals surface area contributed by atoms with Crippen LogP contribution in [0.1, 0.15) is 30.1 Å². The second-order valence-corrected chi connectivity index (χ2v) is 7.74. The smallest absolute Gasteiger partial charge is 0.197 e. The van der Waals surface area contributed by atoms with Crippen molar-refractivity contribution in [3.63, 3.8) is 0 Å². The van der Waals surface area contributed by atoms with Crippen LogP contribution in [0.25, 0.3) is 0 Å². The highest BCUT2D eigenvalue weighted by Crippen LogP contribution is 2.43. The van der Waals surface area contributed by atoms with Gasteiger partial charge in [0, 0.05) is 18.0 Å². The van der Waals surface area contributed by atoms with E-state index in [-0.39, 0.29) is 11.7 Å². The molecule has 0 aliphatic carbocycles. The van der Waals surface area contributed by atoms with Gasteiger partial charge in [0.1, 0.15) is 11.6 Å². The summed E-state index contributed by atoms with van der Waals surface area (Å²) in [5.74, 6) is -0.0625. The SMILES string of the molecule is COc1ccc(C(O)CN2CCC(C3(c4ccc(F)cc4)OCCO3)CC2)cc1. The van der Waals surface area contributed by atoms with Crippen molar-refractivity contribution in [1.29, 1.82) is 0 Å². The van der Waals surface area contributed by atoms with E-state index in [1.54, 1.807) is 19.2 Å². The van der Waals surface area contributed by atoms with Crippen LogP contribution in [-0.2, 0) is 15.3 Å². The Kier molecular flexibility index (Phi) is 6.15. The number of hydrogen-bond donors (Lipinski definition) is 1. The van der Waals surface area contributed by atoms with E-state index < -0.39 is 11.9 Å². The Hall–Kier alpha value is -1.99. The lowest BCUT2D eigenvalue weighted by Crippen LogP contribution is -2.45. The van der Waals surface area contributed by atoms with Crippen LogP contribution < -0.4 is 4.74 Å². The fourth-order valence-corrected chi connectivity index (χ4v) is 4.42. The topological polar surface area (TPSA) is 51.2 Å². The molecule has 29 heavy (non-hydrogen) atoms. The second-order valence-electron chi connectivity index (χ2n) is 7.74. The lowest BCUT2D eigenvalue weighted by atomic mass is 9.84. The van der Waals surface area contributed by atoms with Crippen LogP contribution in [0.15, 0.2) is 48.5 Å². The first-order valence-electron chi connectivity index (χ1n) is 10.2. The van der Waals surface area contributed by atoms with Gasteiger partial charge < -0.3 is 24.2 Å². The predicted molar refractivity (Wildman–Crippen MR) is 107 cm³/mol. The van der Waals surface area contributed by atoms with Crippen LogP contribution in [0.2, 0.25) is 0 Å². The maximum atomic E-state index is 13.4. The van der Waals surface area contributed by atoms with Gasteiger partial charge in [-0.3, -0.25) is 0 Å². The maximum Gasteiger partial charge on any atom is 0.197 e. The molecule has 4 rings (SSSR count). The number of rotatable bonds is 6. The summed E-state index contributed by atoms with van der Waals surface area (Å²) in [6, 6.07) is 14.0. The van der Waals surface area contributed by atoms with Gasteiger partial charge in [0.2, 0.25) is 0 Å². The molecule has 1 N–H and O–H groups in total. The quantitative estimate of drug-likeness (QED) is 0.803. The minimum Gasteiger partial charge on any atom is -0.497 e. The zero-order valence-corrected chi connectivity index (χ0v) is 16.7. The number of likely N-dealkylation sites (tertiary alicyclic amines) is 1. The summed E-state index contributed by atoms with van der Waals surface area (Å²) >= 11 is 0. The molecule has 1 unspecified atom stereocenters. The Balaban J connectivity index is 1.38. The van der Waals surface area contributed by atoms with Crippen molar-refractivity contribution in [1.82, 2.24) is 4.90 Å². The highest BCUT2D eigenvalue weighted by Gasteiger charge is 2.47. The molecule has 156 valence electrons. The lowest BCUT2D eigenvalue weighted by Gasteiger charge is -2.41. The molecule has 6 heteroatoms. The summed E-state index contributed by atoms with van der Waals surface area (Å²) in [6.07, 6.45) is 1.25. The molecule has 0 spiro atoms. The molecule has 2 aromatic carbocycles. The van der Waals surface area contributed by atoms with Crippen LogP contribution >= 0.6 is 0 Å². The van der Waals surface area contributed by atoms with Crippen molar-refractivity contribution in [2.24, 2.45) is 5.92 Å². The molecule has 0 aromatic heterocycles. The van der Waals surface area contributed by atoms with Gasteiger partial charge in [-0.2, -0.15) is 0 Å². The molecule has 0 amide bonds. The fourth-order valence-electron chi connectivity index (χ4n) is 4.42. The minimum atomic E-state index is -0.783. The van der Waals surface area contributed by atoms with Crippen LogP contribution in [0.4, 0.5) is 4.39 Å². The number of aliphatic hydroxyl groups excluding tert-OH is 1. The van der Waals surface area contributed by atoms with Crippen LogP contribution in [-0.4, -0.2) is 50.0 Å². The molecule has 0 saturated carbocycles. The summed E-state index contributed by atoms with van der Waals surface area (Å²) < 4.78 is 30.7. The third-order valence-electron chi connectivity index (χ3n) is 6.02. The summed E-state index contributed by atoms with van der Waals surface area (Å²) in [4.78, 5) is 2.28. The van der Waals surface area contributed by atoms with E-state index in [0.717, 1.165) is 42.8 Å². The van der Waals surface area contributed by atoms with Crippen LogP contribution in [0.5, 0.6) is 5.75 Å². The Morgan fingerprint density at radius 3 is 2.28 bits per heavy atom. The molecule has 2 aliphatic heterocycles. The van der Waals surface area contributed by atoms with E-state index in [0.29, 0.717) is 19.8 Å². The molecule has 2 aromatic rings. The van der Waals surface area contributed by atoms with Gasteiger partial charge in [0.25, 0.3) is 0 Å². The third kappa shape index (κ3) is 4.31. The third-order valence-corrected chi connectivity index (χ3v) is 6.02. The lowest BCUT2D eigenvalue weighted by molar-refractivity contribution is -0.214. The van der Waals surface area contributed by atoms with Crippen molar-refractivity contribution in [3.8, 4) is 5.75 Å². The Labute approximate surface area is 171 Å². The molecule has 2 heterocycles. The van der Waals surface area contributed by atoms with Crippen molar-refractivity contribution in [2.75, 3.05) is 40.0 Å². The summed E-state index contributed by atoms with van der Waals surface area (Å²) in [5, 5.41) is 10.6. The molecule has 1 atom stereocenters. The molecule has 0 bridgehead atoms. The predicted octanol–water partition coefficient (Wildman–Crippen LogP) is 3.48. The van der Waals surface area contributed by atoms with Gasteiger partial charge in [-0.1, -0.05) is 24.3 Å². The number of benzene rings is 2. The van der Waals surface area contributed by atoms with Gasteiger partial charge in [0.05, 0.1) is 26.4 Å². The number of piperidine rings is 1. The Bertz CT molecular complexity index is 782.